The number of H-pyrrole nitrogens is 1. The molecule has 1 amide bonds. The van der Waals surface area contributed by atoms with E-state index in [9.17, 15) is 4.79 Å². The summed E-state index contributed by atoms with van der Waals surface area (Å²) in [6.45, 7) is 0.405. The second-order valence-electron chi connectivity index (χ2n) is 8.10. The molecule has 5 rings (SSSR count). The number of nitrogens with one attached hydrogen (secondary N) is 3. The van der Waals surface area contributed by atoms with E-state index in [0.717, 1.165) is 52.9 Å². The molecule has 2 atom stereocenters. The summed E-state index contributed by atoms with van der Waals surface area (Å²) in [5, 5.41) is 19.2. The van der Waals surface area contributed by atoms with Crippen molar-refractivity contribution in [2.75, 3.05) is 5.32 Å². The third-order valence-corrected chi connectivity index (χ3v) is 5.88. The lowest BCUT2D eigenvalue weighted by Gasteiger charge is -2.13. The fourth-order valence-electron chi connectivity index (χ4n) is 4.28. The summed E-state index contributed by atoms with van der Waals surface area (Å²) in [5.74, 6) is 1.04. The number of ether oxygens (including phenoxy) is 1. The topological polar surface area (TPSA) is 110 Å². The van der Waals surface area contributed by atoms with Crippen LogP contribution in [0.3, 0.4) is 0 Å². The molecule has 1 aromatic carbocycles. The number of amides is 1. The average molecular weight is 432 g/mol. The van der Waals surface area contributed by atoms with Crippen LogP contribution in [0.1, 0.15) is 36.4 Å². The van der Waals surface area contributed by atoms with Gasteiger partial charge in [-0.25, -0.2) is 4.79 Å². The Hall–Kier alpha value is -3.88. The zero-order valence-electron chi connectivity index (χ0n) is 17.8. The van der Waals surface area contributed by atoms with Crippen molar-refractivity contribution in [3.05, 3.63) is 66.2 Å². The van der Waals surface area contributed by atoms with Gasteiger partial charge in [-0.3, -0.25) is 14.8 Å². The van der Waals surface area contributed by atoms with E-state index in [1.54, 1.807) is 12.4 Å². The number of pyridine rings is 1. The lowest BCUT2D eigenvalue weighted by Crippen LogP contribution is -2.27. The number of alkyl carbamates (subject to hydrolysis) is 1. The first-order valence-electron chi connectivity index (χ1n) is 10.7. The monoisotopic (exact) mass is 431 g/mol. The smallest absolute Gasteiger partial charge is 0.407 e. The molecule has 0 unspecified atom stereocenters. The summed E-state index contributed by atoms with van der Waals surface area (Å²) in [6, 6.07) is 11.8. The first-order chi connectivity index (χ1) is 15.7. The SMILES string of the molecule is Cn1ncc2cccc(Nc3cc([C@H]4CC[C@@H](OC(=O)NCc5cccnc5)C4)[nH]n3)c21. The van der Waals surface area contributed by atoms with E-state index >= 15 is 0 Å². The summed E-state index contributed by atoms with van der Waals surface area (Å²) in [7, 11) is 1.93. The molecule has 0 spiro atoms. The fourth-order valence-corrected chi connectivity index (χ4v) is 4.28. The van der Waals surface area contributed by atoms with Gasteiger partial charge >= 0.3 is 6.09 Å². The molecule has 0 radical (unpaired) electrons. The number of hydrogen-bond acceptors (Lipinski definition) is 6. The van der Waals surface area contributed by atoms with Gasteiger partial charge in [0.15, 0.2) is 5.82 Å². The van der Waals surface area contributed by atoms with E-state index in [2.05, 4.69) is 30.9 Å². The Labute approximate surface area is 185 Å². The van der Waals surface area contributed by atoms with Gasteiger partial charge in [0.05, 0.1) is 17.4 Å². The molecule has 4 aromatic rings. The van der Waals surface area contributed by atoms with Crippen molar-refractivity contribution in [3.8, 4) is 0 Å². The summed E-state index contributed by atoms with van der Waals surface area (Å²) in [6.07, 6.45) is 7.34. The molecule has 1 fully saturated rings. The van der Waals surface area contributed by atoms with Gasteiger partial charge in [0.2, 0.25) is 0 Å². The Morgan fingerprint density at radius 2 is 2.19 bits per heavy atom. The first kappa shape index (κ1) is 20.0. The number of hydrogen-bond donors (Lipinski definition) is 3. The van der Waals surface area contributed by atoms with E-state index in [0.29, 0.717) is 6.54 Å². The molecule has 0 bridgehead atoms. The van der Waals surface area contributed by atoms with Crippen LogP contribution in [0.4, 0.5) is 16.3 Å². The highest BCUT2D eigenvalue weighted by atomic mass is 16.6. The minimum absolute atomic E-state index is 0.100. The van der Waals surface area contributed by atoms with Gasteiger partial charge in [0.25, 0.3) is 0 Å². The van der Waals surface area contributed by atoms with Crippen molar-refractivity contribution in [2.45, 2.75) is 37.8 Å². The van der Waals surface area contributed by atoms with Crippen LogP contribution in [0.25, 0.3) is 10.9 Å². The van der Waals surface area contributed by atoms with Gasteiger partial charge < -0.3 is 15.4 Å². The van der Waals surface area contributed by atoms with Gasteiger partial charge in [0, 0.05) is 49.1 Å². The lowest BCUT2D eigenvalue weighted by molar-refractivity contribution is 0.0996. The van der Waals surface area contributed by atoms with Crippen LogP contribution in [0, 0.1) is 0 Å². The Bertz CT molecular complexity index is 1220. The number of carbonyl (C=O) groups excluding carboxylic acids is 1. The predicted molar refractivity (Wildman–Crippen MR) is 121 cm³/mol. The number of fused-ring (bicyclic) bond motifs is 1. The molecule has 9 nitrogen and oxygen atoms in total. The Morgan fingerprint density at radius 1 is 1.25 bits per heavy atom. The Morgan fingerprint density at radius 3 is 3.06 bits per heavy atom. The van der Waals surface area contributed by atoms with Gasteiger partial charge in [0.1, 0.15) is 6.10 Å². The molecule has 1 aliphatic carbocycles. The van der Waals surface area contributed by atoms with E-state index in [-0.39, 0.29) is 12.0 Å². The number of benzene rings is 1. The Balaban J connectivity index is 1.16. The molecule has 9 heteroatoms. The molecule has 32 heavy (non-hydrogen) atoms. The van der Waals surface area contributed by atoms with Crippen LogP contribution in [0.2, 0.25) is 0 Å². The zero-order valence-corrected chi connectivity index (χ0v) is 17.8. The van der Waals surface area contributed by atoms with E-state index < -0.39 is 6.09 Å². The van der Waals surface area contributed by atoms with E-state index in [1.807, 2.05) is 54.3 Å². The molecule has 3 aromatic heterocycles. The molecular weight excluding hydrogens is 406 g/mol. The largest absolute Gasteiger partial charge is 0.446 e. The number of carbonyl (C=O) groups is 1. The van der Waals surface area contributed by atoms with E-state index in [1.165, 1.54) is 0 Å². The third kappa shape index (κ3) is 4.27. The van der Waals surface area contributed by atoms with Crippen molar-refractivity contribution in [1.82, 2.24) is 30.3 Å². The first-order valence-corrected chi connectivity index (χ1v) is 10.7. The van der Waals surface area contributed by atoms with Crippen LogP contribution in [-0.4, -0.2) is 37.2 Å². The summed E-state index contributed by atoms with van der Waals surface area (Å²) >= 11 is 0. The van der Waals surface area contributed by atoms with Gasteiger partial charge in [-0.1, -0.05) is 18.2 Å². The maximum Gasteiger partial charge on any atom is 0.407 e. The van der Waals surface area contributed by atoms with Crippen LogP contribution in [-0.2, 0) is 18.3 Å². The van der Waals surface area contributed by atoms with Crippen molar-refractivity contribution in [1.29, 1.82) is 0 Å². The molecule has 164 valence electrons. The third-order valence-electron chi connectivity index (χ3n) is 5.88. The molecule has 3 N–H and O–H groups in total. The second kappa shape index (κ2) is 8.70. The van der Waals surface area contributed by atoms with Crippen LogP contribution in [0.5, 0.6) is 0 Å². The second-order valence-corrected chi connectivity index (χ2v) is 8.10. The summed E-state index contributed by atoms with van der Waals surface area (Å²) in [4.78, 5) is 16.2. The molecule has 3 heterocycles. The molecule has 0 saturated heterocycles. The quantitative estimate of drug-likeness (QED) is 0.426. The molecular formula is C23H25N7O2. The summed E-state index contributed by atoms with van der Waals surface area (Å²) < 4.78 is 7.46. The van der Waals surface area contributed by atoms with Crippen molar-refractivity contribution in [3.63, 3.8) is 0 Å². The number of aromatic amines is 1. The highest BCUT2D eigenvalue weighted by Crippen LogP contribution is 2.36. The molecule has 1 saturated carbocycles. The maximum absolute atomic E-state index is 12.1. The Kier molecular flexibility index (Phi) is 5.45. The number of aryl methyl sites for hydroxylation is 1. The molecule has 0 aliphatic heterocycles. The highest BCUT2D eigenvalue weighted by molar-refractivity contribution is 5.92. The normalized spacial score (nSPS) is 18.0. The van der Waals surface area contributed by atoms with Gasteiger partial charge in [-0.2, -0.15) is 10.2 Å². The zero-order chi connectivity index (χ0) is 21.9. The van der Waals surface area contributed by atoms with Crippen molar-refractivity contribution < 1.29 is 9.53 Å². The van der Waals surface area contributed by atoms with Crippen LogP contribution >= 0.6 is 0 Å². The lowest BCUT2D eigenvalue weighted by atomic mass is 10.0. The van der Waals surface area contributed by atoms with Gasteiger partial charge in [-0.15, -0.1) is 0 Å². The summed E-state index contributed by atoms with van der Waals surface area (Å²) in [5.41, 5.74) is 3.97. The molecule has 1 aliphatic rings. The van der Waals surface area contributed by atoms with Crippen LogP contribution in [0.15, 0.2) is 55.0 Å². The fraction of sp³-hybridized carbons (Fsp3) is 0.304. The number of aromatic nitrogens is 5. The predicted octanol–water partition coefficient (Wildman–Crippen LogP) is 4.00. The average Bonchev–Trinajstić information content (AvgIpc) is 3.54. The minimum atomic E-state index is -0.393. The highest BCUT2D eigenvalue weighted by Gasteiger charge is 2.30. The van der Waals surface area contributed by atoms with Gasteiger partial charge in [-0.05, 0) is 37.0 Å². The minimum Gasteiger partial charge on any atom is -0.446 e. The van der Waals surface area contributed by atoms with Crippen molar-refractivity contribution in [2.24, 2.45) is 7.05 Å². The van der Waals surface area contributed by atoms with Crippen molar-refractivity contribution >= 4 is 28.5 Å². The standard InChI is InChI=1S/C23H25N7O2/c1-30-22-17(14-26-30)5-2-6-19(22)27-21-11-20(28-29-21)16-7-8-18(10-16)32-23(31)25-13-15-4-3-9-24-12-15/h2-6,9,11-12,14,16,18H,7-8,10,13H2,1H3,(H,25,31)(H2,27,28,29)/t16-,18+/m0/s1. The number of para-hydroxylation sites is 1. The maximum atomic E-state index is 12.1. The number of nitrogens with zero attached hydrogens (tertiary/aromatic N) is 4. The van der Waals surface area contributed by atoms with Crippen LogP contribution < -0.4 is 10.6 Å². The van der Waals surface area contributed by atoms with E-state index in [4.69, 9.17) is 4.74 Å². The number of rotatable bonds is 6. The number of anilines is 2.